The second-order valence-corrected chi connectivity index (χ2v) is 11.6. The Morgan fingerprint density at radius 2 is 1.80 bits per heavy atom. The van der Waals surface area contributed by atoms with Crippen molar-refractivity contribution in [2.75, 3.05) is 26.5 Å². The van der Waals surface area contributed by atoms with Gasteiger partial charge >= 0.3 is 0 Å². The first-order valence-electron chi connectivity index (χ1n) is 11.4. The molecule has 0 radical (unpaired) electrons. The van der Waals surface area contributed by atoms with Gasteiger partial charge in [0.05, 0.1) is 17.0 Å². The van der Waals surface area contributed by atoms with Gasteiger partial charge in [0.1, 0.15) is 11.6 Å². The fourth-order valence-electron chi connectivity index (χ4n) is 4.94. The number of amides is 1. The van der Waals surface area contributed by atoms with Crippen LogP contribution in [0.3, 0.4) is 0 Å². The number of nitrogens with one attached hydrogen (secondary N) is 1. The first-order valence-corrected chi connectivity index (χ1v) is 13.2. The van der Waals surface area contributed by atoms with Crippen LogP contribution in [0.5, 0.6) is 5.75 Å². The maximum Gasteiger partial charge on any atom is 0.247 e. The molecule has 2 aromatic rings. The van der Waals surface area contributed by atoms with E-state index in [2.05, 4.69) is 5.32 Å². The SMILES string of the molecule is COc1cc(/C=C/C(=O)N2[C@@H]3CC[C@H]2C[C@@H](Nc2ccc(F)cc2)C3)c(S(=O)(=O)N(C)C)cc1Cl. The lowest BCUT2D eigenvalue weighted by Gasteiger charge is -2.39. The van der Waals surface area contributed by atoms with Crippen LogP contribution < -0.4 is 10.1 Å². The van der Waals surface area contributed by atoms with Crippen molar-refractivity contribution in [1.29, 1.82) is 0 Å². The number of rotatable bonds is 7. The summed E-state index contributed by atoms with van der Waals surface area (Å²) >= 11 is 6.19. The summed E-state index contributed by atoms with van der Waals surface area (Å²) in [6.07, 6.45) is 6.36. The van der Waals surface area contributed by atoms with Crippen molar-refractivity contribution in [2.24, 2.45) is 0 Å². The van der Waals surface area contributed by atoms with E-state index >= 15 is 0 Å². The molecule has 0 saturated carbocycles. The van der Waals surface area contributed by atoms with E-state index in [1.54, 1.807) is 12.1 Å². The largest absolute Gasteiger partial charge is 0.495 e. The van der Waals surface area contributed by atoms with Gasteiger partial charge in [0.2, 0.25) is 15.9 Å². The van der Waals surface area contributed by atoms with E-state index in [1.165, 1.54) is 57.6 Å². The van der Waals surface area contributed by atoms with E-state index in [-0.39, 0.29) is 39.8 Å². The van der Waals surface area contributed by atoms with Crippen molar-refractivity contribution in [3.63, 3.8) is 0 Å². The molecule has 188 valence electrons. The summed E-state index contributed by atoms with van der Waals surface area (Å²) in [5.41, 5.74) is 1.19. The number of carbonyl (C=O) groups excluding carboxylic acids is 1. The molecule has 2 bridgehead atoms. The van der Waals surface area contributed by atoms with Gasteiger partial charge < -0.3 is 15.0 Å². The summed E-state index contributed by atoms with van der Waals surface area (Å²) in [4.78, 5) is 15.1. The Kier molecular flexibility index (Phi) is 7.40. The van der Waals surface area contributed by atoms with Crippen LogP contribution in [0.2, 0.25) is 5.02 Å². The molecule has 7 nitrogen and oxygen atoms in total. The second-order valence-electron chi connectivity index (χ2n) is 9.10. The van der Waals surface area contributed by atoms with Crippen LogP contribution in [-0.2, 0) is 14.8 Å². The van der Waals surface area contributed by atoms with Crippen LogP contribution in [0, 0.1) is 5.82 Å². The Bertz CT molecular complexity index is 1220. The molecule has 0 aliphatic carbocycles. The maximum absolute atomic E-state index is 13.2. The fraction of sp³-hybridized carbons (Fsp3) is 0.400. The Morgan fingerprint density at radius 3 is 2.37 bits per heavy atom. The van der Waals surface area contributed by atoms with Gasteiger partial charge in [-0.2, -0.15) is 0 Å². The van der Waals surface area contributed by atoms with Gasteiger partial charge in [0.25, 0.3) is 0 Å². The van der Waals surface area contributed by atoms with Gasteiger partial charge in [0, 0.05) is 44.0 Å². The minimum Gasteiger partial charge on any atom is -0.495 e. The van der Waals surface area contributed by atoms with Crippen molar-refractivity contribution in [1.82, 2.24) is 9.21 Å². The molecule has 2 aliphatic rings. The maximum atomic E-state index is 13.2. The number of hydrogen-bond acceptors (Lipinski definition) is 5. The van der Waals surface area contributed by atoms with Gasteiger partial charge in [-0.25, -0.2) is 17.1 Å². The van der Waals surface area contributed by atoms with Crippen molar-refractivity contribution < 1.29 is 22.3 Å². The number of carbonyl (C=O) groups is 1. The molecule has 1 amide bonds. The highest BCUT2D eigenvalue weighted by atomic mass is 35.5. The van der Waals surface area contributed by atoms with Crippen LogP contribution in [0.25, 0.3) is 6.08 Å². The number of fused-ring (bicyclic) bond motifs is 2. The molecule has 2 saturated heterocycles. The van der Waals surface area contributed by atoms with Crippen molar-refractivity contribution >= 4 is 39.3 Å². The zero-order valence-electron chi connectivity index (χ0n) is 19.9. The normalized spacial score (nSPS) is 22.1. The van der Waals surface area contributed by atoms with Gasteiger partial charge in [0.15, 0.2) is 0 Å². The molecule has 3 atom stereocenters. The molecule has 35 heavy (non-hydrogen) atoms. The minimum absolute atomic E-state index is 0.00234. The number of hydrogen-bond donors (Lipinski definition) is 1. The van der Waals surface area contributed by atoms with Crippen molar-refractivity contribution in [3.05, 3.63) is 58.9 Å². The van der Waals surface area contributed by atoms with Gasteiger partial charge in [-0.05, 0) is 73.7 Å². The highest BCUT2D eigenvalue weighted by molar-refractivity contribution is 7.89. The van der Waals surface area contributed by atoms with Crippen LogP contribution in [0.1, 0.15) is 31.2 Å². The number of ether oxygens (including phenoxy) is 1. The summed E-state index contributed by atoms with van der Waals surface area (Å²) in [5, 5.41) is 3.63. The minimum atomic E-state index is -3.79. The zero-order chi connectivity index (χ0) is 25.3. The van der Waals surface area contributed by atoms with E-state index in [1.807, 2.05) is 4.90 Å². The third-order valence-electron chi connectivity index (χ3n) is 6.65. The molecule has 0 unspecified atom stereocenters. The van der Waals surface area contributed by atoms with Gasteiger partial charge in [-0.3, -0.25) is 4.79 Å². The lowest BCUT2D eigenvalue weighted by molar-refractivity contribution is -0.130. The molecule has 4 rings (SSSR count). The average molecular weight is 522 g/mol. The van der Waals surface area contributed by atoms with E-state index in [0.29, 0.717) is 11.3 Å². The smallest absolute Gasteiger partial charge is 0.247 e. The third-order valence-corrected chi connectivity index (χ3v) is 8.82. The van der Waals surface area contributed by atoms with Gasteiger partial charge in [-0.15, -0.1) is 0 Å². The lowest BCUT2D eigenvalue weighted by atomic mass is 9.96. The molecular weight excluding hydrogens is 493 g/mol. The van der Waals surface area contributed by atoms with E-state index in [0.717, 1.165) is 35.7 Å². The summed E-state index contributed by atoms with van der Waals surface area (Å²) in [7, 11) is 0.532. The van der Waals surface area contributed by atoms with Crippen LogP contribution in [0.15, 0.2) is 47.4 Å². The molecule has 0 spiro atoms. The Balaban J connectivity index is 1.52. The predicted molar refractivity (Wildman–Crippen MR) is 135 cm³/mol. The summed E-state index contributed by atoms with van der Waals surface area (Å²) in [5.74, 6) is -0.105. The Labute approximate surface area is 210 Å². The quantitative estimate of drug-likeness (QED) is 0.547. The van der Waals surface area contributed by atoms with Crippen LogP contribution in [-0.4, -0.2) is 62.9 Å². The van der Waals surface area contributed by atoms with E-state index in [9.17, 15) is 17.6 Å². The van der Waals surface area contributed by atoms with Crippen LogP contribution in [0.4, 0.5) is 10.1 Å². The molecule has 2 aliphatic heterocycles. The number of methoxy groups -OCH3 is 1. The second kappa shape index (κ2) is 10.2. The standard InChI is InChI=1S/C25H29ClFN3O4S/c1-29(2)35(32,33)24-15-22(26)23(34-3)12-16(24)4-11-25(31)30-20-9-10-21(30)14-19(13-20)28-18-7-5-17(27)6-8-18/h4-8,11-12,15,19-21,28H,9-10,13-14H2,1-3H3/b11-4+/t19-,20+,21-. The number of sulfonamides is 1. The predicted octanol–water partition coefficient (Wildman–Crippen LogP) is 4.39. The number of halogens is 2. The molecule has 2 aromatic carbocycles. The highest BCUT2D eigenvalue weighted by Crippen LogP contribution is 2.37. The molecule has 0 aromatic heterocycles. The number of piperidine rings is 1. The summed E-state index contributed by atoms with van der Waals surface area (Å²) < 4.78 is 45.2. The van der Waals surface area contributed by atoms with E-state index < -0.39 is 10.0 Å². The number of anilines is 1. The van der Waals surface area contributed by atoms with Crippen LogP contribution >= 0.6 is 11.6 Å². The fourth-order valence-corrected chi connectivity index (χ4v) is 6.33. The lowest BCUT2D eigenvalue weighted by Crippen LogP contribution is -2.49. The molecule has 1 N–H and O–H groups in total. The molecular formula is C25H29ClFN3O4S. The Morgan fingerprint density at radius 1 is 1.17 bits per heavy atom. The molecule has 10 heteroatoms. The zero-order valence-corrected chi connectivity index (χ0v) is 21.4. The average Bonchev–Trinajstić information content (AvgIpc) is 3.09. The summed E-state index contributed by atoms with van der Waals surface area (Å²) in [6, 6.07) is 9.54. The topological polar surface area (TPSA) is 79.0 Å². The molecule has 2 fully saturated rings. The third kappa shape index (κ3) is 5.32. The monoisotopic (exact) mass is 521 g/mol. The van der Waals surface area contributed by atoms with E-state index in [4.69, 9.17) is 16.3 Å². The first kappa shape index (κ1) is 25.5. The Hall–Kier alpha value is -2.62. The summed E-state index contributed by atoms with van der Waals surface area (Å²) in [6.45, 7) is 0. The first-order chi connectivity index (χ1) is 16.6. The number of nitrogens with zero attached hydrogens (tertiary/aromatic N) is 2. The number of benzene rings is 2. The van der Waals surface area contributed by atoms with Crippen molar-refractivity contribution in [3.8, 4) is 5.75 Å². The molecule has 2 heterocycles. The highest BCUT2D eigenvalue weighted by Gasteiger charge is 2.42. The van der Waals surface area contributed by atoms with Gasteiger partial charge in [-0.1, -0.05) is 11.6 Å². The van der Waals surface area contributed by atoms with Crippen molar-refractivity contribution in [2.45, 2.75) is 48.7 Å².